The highest BCUT2D eigenvalue weighted by Gasteiger charge is 2.07. The molecule has 2 nitrogen and oxygen atoms in total. The van der Waals surface area contributed by atoms with Crippen LogP contribution in [-0.2, 0) is 0 Å². The van der Waals surface area contributed by atoms with Gasteiger partial charge in [0.05, 0.1) is 6.10 Å². The predicted octanol–water partition coefficient (Wildman–Crippen LogP) is 3.11. The molecule has 0 amide bonds. The van der Waals surface area contributed by atoms with Gasteiger partial charge in [0.25, 0.3) is 0 Å². The molecular weight excluding hydrogens is 212 g/mol. The minimum atomic E-state index is 0.0231. The van der Waals surface area contributed by atoms with Crippen molar-refractivity contribution in [3.8, 4) is 5.75 Å². The molecule has 0 saturated heterocycles. The molecule has 0 bridgehead atoms. The molecule has 0 fully saturated rings. The van der Waals surface area contributed by atoms with E-state index in [0.717, 1.165) is 21.9 Å². The number of aliphatic hydroxyl groups is 1. The fraction of sp³-hybridized carbons (Fsp3) is 0.500. The Labute approximate surface area is 95.8 Å². The Morgan fingerprint density at radius 1 is 1.33 bits per heavy atom. The van der Waals surface area contributed by atoms with Crippen molar-refractivity contribution >= 4 is 11.6 Å². The second-order valence-corrected chi connectivity index (χ2v) is 4.19. The number of ether oxygens (including phenoxy) is 1. The van der Waals surface area contributed by atoms with E-state index < -0.39 is 0 Å². The quantitative estimate of drug-likeness (QED) is 0.858. The molecule has 84 valence electrons. The number of hydrogen-bond donors (Lipinski definition) is 1. The second-order valence-electron chi connectivity index (χ2n) is 3.81. The Kier molecular flexibility index (Phi) is 4.43. The molecule has 0 aliphatic carbocycles. The standard InChI is InChI=1S/C12H17ClO2/c1-8-6-11(7-9(2)12(8)13)15-10(3)4-5-14/h6-7,10,14H,4-5H2,1-3H3. The molecule has 0 aliphatic heterocycles. The molecule has 0 heterocycles. The van der Waals surface area contributed by atoms with Gasteiger partial charge in [-0.15, -0.1) is 0 Å². The predicted molar refractivity (Wildman–Crippen MR) is 62.7 cm³/mol. The van der Waals surface area contributed by atoms with Gasteiger partial charge in [-0.3, -0.25) is 0 Å². The first-order valence-corrected chi connectivity index (χ1v) is 5.46. The molecule has 1 atom stereocenters. The summed E-state index contributed by atoms with van der Waals surface area (Å²) in [5, 5.41) is 9.56. The zero-order chi connectivity index (χ0) is 11.4. The molecule has 0 saturated carbocycles. The van der Waals surface area contributed by atoms with Gasteiger partial charge in [0.2, 0.25) is 0 Å². The lowest BCUT2D eigenvalue weighted by Crippen LogP contribution is -2.13. The third-order valence-electron chi connectivity index (χ3n) is 2.28. The number of halogens is 1. The molecule has 1 rings (SSSR count). The maximum Gasteiger partial charge on any atom is 0.120 e. The van der Waals surface area contributed by atoms with Crippen molar-refractivity contribution in [1.29, 1.82) is 0 Å². The van der Waals surface area contributed by atoms with E-state index in [-0.39, 0.29) is 12.7 Å². The van der Waals surface area contributed by atoms with Gasteiger partial charge in [-0.05, 0) is 44.0 Å². The summed E-state index contributed by atoms with van der Waals surface area (Å²) < 4.78 is 5.65. The summed E-state index contributed by atoms with van der Waals surface area (Å²) in [5.41, 5.74) is 2.03. The molecule has 3 heteroatoms. The Morgan fingerprint density at radius 3 is 2.33 bits per heavy atom. The Bertz CT molecular complexity index is 313. The molecular formula is C12H17ClO2. The third kappa shape index (κ3) is 3.40. The minimum Gasteiger partial charge on any atom is -0.491 e. The lowest BCUT2D eigenvalue weighted by Gasteiger charge is -2.15. The van der Waals surface area contributed by atoms with Crippen LogP contribution in [0.3, 0.4) is 0 Å². The zero-order valence-corrected chi connectivity index (χ0v) is 10.1. The first-order valence-electron chi connectivity index (χ1n) is 5.09. The average molecular weight is 229 g/mol. The third-order valence-corrected chi connectivity index (χ3v) is 2.88. The first-order chi connectivity index (χ1) is 7.04. The Balaban J connectivity index is 2.78. The lowest BCUT2D eigenvalue weighted by atomic mass is 10.1. The van der Waals surface area contributed by atoms with Crippen LogP contribution < -0.4 is 4.74 Å². The van der Waals surface area contributed by atoms with Gasteiger partial charge in [-0.25, -0.2) is 0 Å². The van der Waals surface area contributed by atoms with E-state index in [1.54, 1.807) is 0 Å². The summed E-state index contributed by atoms with van der Waals surface area (Å²) in [6, 6.07) is 3.84. The summed E-state index contributed by atoms with van der Waals surface area (Å²) in [5.74, 6) is 0.815. The topological polar surface area (TPSA) is 29.5 Å². The molecule has 0 aromatic heterocycles. The van der Waals surface area contributed by atoms with E-state index in [0.29, 0.717) is 6.42 Å². The van der Waals surface area contributed by atoms with Gasteiger partial charge in [-0.2, -0.15) is 0 Å². The fourth-order valence-electron chi connectivity index (χ4n) is 1.45. The van der Waals surface area contributed by atoms with E-state index in [1.807, 2.05) is 32.9 Å². The summed E-state index contributed by atoms with van der Waals surface area (Å²) in [4.78, 5) is 0. The smallest absolute Gasteiger partial charge is 0.120 e. The van der Waals surface area contributed by atoms with Crippen molar-refractivity contribution in [2.45, 2.75) is 33.3 Å². The van der Waals surface area contributed by atoms with Crippen LogP contribution in [0.1, 0.15) is 24.5 Å². The molecule has 1 N–H and O–H groups in total. The van der Waals surface area contributed by atoms with Crippen LogP contribution in [0.5, 0.6) is 5.75 Å². The van der Waals surface area contributed by atoms with E-state index in [4.69, 9.17) is 21.4 Å². The van der Waals surface area contributed by atoms with E-state index >= 15 is 0 Å². The summed E-state index contributed by atoms with van der Waals surface area (Å²) in [6.07, 6.45) is 0.663. The molecule has 1 aromatic carbocycles. The van der Waals surface area contributed by atoms with Crippen molar-refractivity contribution in [2.75, 3.05) is 6.61 Å². The Hall–Kier alpha value is -0.730. The van der Waals surface area contributed by atoms with Gasteiger partial charge in [0.15, 0.2) is 0 Å². The van der Waals surface area contributed by atoms with Gasteiger partial charge in [0, 0.05) is 18.1 Å². The maximum absolute atomic E-state index is 8.77. The highest BCUT2D eigenvalue weighted by Crippen LogP contribution is 2.26. The van der Waals surface area contributed by atoms with Gasteiger partial charge < -0.3 is 9.84 Å². The van der Waals surface area contributed by atoms with Crippen LogP contribution >= 0.6 is 11.6 Å². The molecule has 1 unspecified atom stereocenters. The highest BCUT2D eigenvalue weighted by atomic mass is 35.5. The van der Waals surface area contributed by atoms with Crippen molar-refractivity contribution in [3.05, 3.63) is 28.3 Å². The van der Waals surface area contributed by atoms with Crippen molar-refractivity contribution < 1.29 is 9.84 Å². The van der Waals surface area contributed by atoms with E-state index in [9.17, 15) is 0 Å². The number of aryl methyl sites for hydroxylation is 2. The molecule has 0 radical (unpaired) electrons. The van der Waals surface area contributed by atoms with Crippen molar-refractivity contribution in [3.63, 3.8) is 0 Å². The number of hydrogen-bond acceptors (Lipinski definition) is 2. The second kappa shape index (κ2) is 5.38. The van der Waals surface area contributed by atoms with Crippen LogP contribution in [0.25, 0.3) is 0 Å². The summed E-state index contributed by atoms with van der Waals surface area (Å²) in [7, 11) is 0. The zero-order valence-electron chi connectivity index (χ0n) is 9.38. The summed E-state index contributed by atoms with van der Waals surface area (Å²) >= 11 is 6.05. The lowest BCUT2D eigenvalue weighted by molar-refractivity contribution is 0.168. The first kappa shape index (κ1) is 12.3. The minimum absolute atomic E-state index is 0.0231. The number of rotatable bonds is 4. The van der Waals surface area contributed by atoms with E-state index in [2.05, 4.69) is 0 Å². The largest absolute Gasteiger partial charge is 0.491 e. The van der Waals surface area contributed by atoms with Crippen LogP contribution in [0.2, 0.25) is 5.02 Å². The summed E-state index contributed by atoms with van der Waals surface area (Å²) in [6.45, 7) is 6.00. The SMILES string of the molecule is Cc1cc(OC(C)CCO)cc(C)c1Cl. The van der Waals surface area contributed by atoms with Crippen LogP contribution in [0, 0.1) is 13.8 Å². The average Bonchev–Trinajstić information content (AvgIpc) is 2.14. The molecule has 0 spiro atoms. The molecule has 15 heavy (non-hydrogen) atoms. The molecule has 0 aliphatic rings. The maximum atomic E-state index is 8.77. The van der Waals surface area contributed by atoms with Gasteiger partial charge >= 0.3 is 0 Å². The van der Waals surface area contributed by atoms with Crippen LogP contribution in [0.15, 0.2) is 12.1 Å². The van der Waals surface area contributed by atoms with Crippen LogP contribution in [-0.4, -0.2) is 17.8 Å². The fourth-order valence-corrected chi connectivity index (χ4v) is 1.56. The van der Waals surface area contributed by atoms with Crippen molar-refractivity contribution in [2.24, 2.45) is 0 Å². The van der Waals surface area contributed by atoms with Gasteiger partial charge in [-0.1, -0.05) is 11.6 Å². The monoisotopic (exact) mass is 228 g/mol. The normalized spacial score (nSPS) is 12.6. The number of aliphatic hydroxyl groups excluding tert-OH is 1. The molecule has 1 aromatic rings. The highest BCUT2D eigenvalue weighted by molar-refractivity contribution is 6.32. The Morgan fingerprint density at radius 2 is 1.87 bits per heavy atom. The van der Waals surface area contributed by atoms with E-state index in [1.165, 1.54) is 0 Å². The van der Waals surface area contributed by atoms with Crippen molar-refractivity contribution in [1.82, 2.24) is 0 Å². The number of benzene rings is 1. The van der Waals surface area contributed by atoms with Gasteiger partial charge in [0.1, 0.15) is 5.75 Å². The van der Waals surface area contributed by atoms with Crippen LogP contribution in [0.4, 0.5) is 0 Å².